The molecule has 6 nitrogen and oxygen atoms in total. The number of H-pyrrole nitrogens is 2. The van der Waals surface area contributed by atoms with Crippen molar-refractivity contribution < 1.29 is 0 Å². The van der Waals surface area contributed by atoms with E-state index in [4.69, 9.17) is 11.6 Å². The Morgan fingerprint density at radius 2 is 2.18 bits per heavy atom. The highest BCUT2D eigenvalue weighted by atomic mass is 35.5. The van der Waals surface area contributed by atoms with Crippen LogP contribution >= 0.6 is 11.6 Å². The summed E-state index contributed by atoms with van der Waals surface area (Å²) < 4.78 is 0. The number of hydrogen-bond donors (Lipinski definition) is 2. The van der Waals surface area contributed by atoms with Crippen LogP contribution < -0.4 is 5.56 Å². The number of halogens is 1. The lowest BCUT2D eigenvalue weighted by atomic mass is 9.95. The van der Waals surface area contributed by atoms with Crippen LogP contribution in [0.25, 0.3) is 0 Å². The fourth-order valence-corrected chi connectivity index (χ4v) is 2.75. The summed E-state index contributed by atoms with van der Waals surface area (Å²) in [5.74, 6) is 0.751. The second-order valence-corrected chi connectivity index (χ2v) is 7.15. The molecule has 0 unspecified atom stereocenters. The average Bonchev–Trinajstić information content (AvgIpc) is 2.84. The monoisotopic (exact) mass is 321 g/mol. The van der Waals surface area contributed by atoms with Crippen molar-refractivity contribution in [1.29, 1.82) is 0 Å². The molecule has 22 heavy (non-hydrogen) atoms. The molecule has 0 bridgehead atoms. The Kier molecular flexibility index (Phi) is 3.82. The molecular weight excluding hydrogens is 302 g/mol. The number of fused-ring (bicyclic) bond motifs is 1. The first-order valence-electron chi connectivity index (χ1n) is 7.37. The molecule has 2 aromatic heterocycles. The molecule has 118 valence electrons. The predicted octanol–water partition coefficient (Wildman–Crippen LogP) is 2.00. The fourth-order valence-electron chi connectivity index (χ4n) is 2.60. The van der Waals surface area contributed by atoms with Gasteiger partial charge in [-0.25, -0.2) is 4.98 Å². The third kappa shape index (κ3) is 2.94. The Bertz CT molecular complexity index is 743. The molecule has 0 fully saturated rings. The zero-order valence-corrected chi connectivity index (χ0v) is 13.8. The molecule has 0 saturated carbocycles. The van der Waals surface area contributed by atoms with E-state index >= 15 is 0 Å². The Balaban J connectivity index is 1.85. The summed E-state index contributed by atoms with van der Waals surface area (Å²) in [6.07, 6.45) is 2.37. The van der Waals surface area contributed by atoms with Gasteiger partial charge in [0.05, 0.1) is 28.2 Å². The average molecular weight is 322 g/mol. The highest BCUT2D eigenvalue weighted by Gasteiger charge is 2.25. The van der Waals surface area contributed by atoms with Gasteiger partial charge in [0.25, 0.3) is 5.56 Å². The first-order chi connectivity index (χ1) is 10.3. The normalized spacial score (nSPS) is 15.8. The Hall–Kier alpha value is -1.66. The van der Waals surface area contributed by atoms with E-state index in [1.54, 1.807) is 6.20 Å². The van der Waals surface area contributed by atoms with E-state index in [-0.39, 0.29) is 11.0 Å². The van der Waals surface area contributed by atoms with E-state index in [1.807, 2.05) is 20.8 Å². The van der Waals surface area contributed by atoms with Crippen molar-refractivity contribution in [2.24, 2.45) is 0 Å². The van der Waals surface area contributed by atoms with Crippen molar-refractivity contribution in [2.75, 3.05) is 6.54 Å². The number of nitrogens with one attached hydrogen (secondary N) is 2. The SMILES string of the molecule is CC(C)(C)c1nc2c(c(=O)[nH]1)CN(Cc1[nH]ncc1Cl)CC2. The van der Waals surface area contributed by atoms with Gasteiger partial charge in [-0.15, -0.1) is 0 Å². The lowest BCUT2D eigenvalue weighted by molar-refractivity contribution is 0.238. The van der Waals surface area contributed by atoms with E-state index < -0.39 is 0 Å². The first kappa shape index (κ1) is 15.2. The van der Waals surface area contributed by atoms with Crippen LogP contribution in [-0.4, -0.2) is 31.6 Å². The molecule has 7 heteroatoms. The Morgan fingerprint density at radius 1 is 1.41 bits per heavy atom. The van der Waals surface area contributed by atoms with E-state index in [2.05, 4.69) is 25.1 Å². The van der Waals surface area contributed by atoms with E-state index in [9.17, 15) is 4.79 Å². The number of aromatic amines is 2. The summed E-state index contributed by atoms with van der Waals surface area (Å²) in [5.41, 5.74) is 2.36. The van der Waals surface area contributed by atoms with Crippen LogP contribution in [0.3, 0.4) is 0 Å². The summed E-state index contributed by atoms with van der Waals surface area (Å²) in [7, 11) is 0. The summed E-state index contributed by atoms with van der Waals surface area (Å²) in [6.45, 7) is 8.23. The highest BCUT2D eigenvalue weighted by Crippen LogP contribution is 2.22. The van der Waals surface area contributed by atoms with Crippen molar-refractivity contribution in [3.8, 4) is 0 Å². The van der Waals surface area contributed by atoms with Crippen LogP contribution in [0.1, 0.15) is 43.5 Å². The smallest absolute Gasteiger partial charge is 0.255 e. The lowest BCUT2D eigenvalue weighted by Gasteiger charge is -2.28. The number of aromatic nitrogens is 4. The van der Waals surface area contributed by atoms with E-state index in [0.29, 0.717) is 18.1 Å². The summed E-state index contributed by atoms with van der Waals surface area (Å²) >= 11 is 6.06. The molecule has 0 aromatic carbocycles. The lowest BCUT2D eigenvalue weighted by Crippen LogP contribution is -2.37. The number of nitrogens with zero attached hydrogens (tertiary/aromatic N) is 3. The number of hydrogen-bond acceptors (Lipinski definition) is 4. The van der Waals surface area contributed by atoms with Crippen molar-refractivity contribution >= 4 is 11.6 Å². The topological polar surface area (TPSA) is 77.7 Å². The maximum absolute atomic E-state index is 12.4. The van der Waals surface area contributed by atoms with Gasteiger partial charge < -0.3 is 4.98 Å². The largest absolute Gasteiger partial charge is 0.310 e. The minimum atomic E-state index is -0.158. The predicted molar refractivity (Wildman–Crippen MR) is 85.0 cm³/mol. The molecule has 3 heterocycles. The molecular formula is C15H20ClN5O. The first-order valence-corrected chi connectivity index (χ1v) is 7.75. The molecule has 2 aromatic rings. The Morgan fingerprint density at radius 3 is 2.82 bits per heavy atom. The fraction of sp³-hybridized carbons (Fsp3) is 0.533. The van der Waals surface area contributed by atoms with Crippen LogP contribution in [0.15, 0.2) is 11.0 Å². The van der Waals surface area contributed by atoms with Crippen LogP contribution in [0, 0.1) is 0 Å². The second-order valence-electron chi connectivity index (χ2n) is 6.75. The van der Waals surface area contributed by atoms with Gasteiger partial charge in [-0.1, -0.05) is 32.4 Å². The maximum atomic E-state index is 12.4. The van der Waals surface area contributed by atoms with Crippen LogP contribution in [0.4, 0.5) is 0 Å². The van der Waals surface area contributed by atoms with Gasteiger partial charge in [0.1, 0.15) is 5.82 Å². The van der Waals surface area contributed by atoms with Gasteiger partial charge >= 0.3 is 0 Å². The van der Waals surface area contributed by atoms with Crippen LogP contribution in [-0.2, 0) is 24.9 Å². The Labute approximate surface area is 133 Å². The van der Waals surface area contributed by atoms with Gasteiger partial charge in [-0.05, 0) is 0 Å². The van der Waals surface area contributed by atoms with Gasteiger partial charge in [-0.2, -0.15) is 5.10 Å². The van der Waals surface area contributed by atoms with Crippen molar-refractivity contribution in [2.45, 2.75) is 45.7 Å². The highest BCUT2D eigenvalue weighted by molar-refractivity contribution is 6.31. The van der Waals surface area contributed by atoms with Gasteiger partial charge in [0, 0.05) is 31.5 Å². The summed E-state index contributed by atoms with van der Waals surface area (Å²) in [5, 5.41) is 7.44. The van der Waals surface area contributed by atoms with Crippen LogP contribution in [0.2, 0.25) is 5.02 Å². The zero-order chi connectivity index (χ0) is 15.9. The van der Waals surface area contributed by atoms with Crippen molar-refractivity contribution in [1.82, 2.24) is 25.1 Å². The van der Waals surface area contributed by atoms with Crippen molar-refractivity contribution in [3.05, 3.63) is 44.3 Å². The van der Waals surface area contributed by atoms with E-state index in [1.165, 1.54) is 0 Å². The molecule has 0 saturated heterocycles. The summed E-state index contributed by atoms with van der Waals surface area (Å²) in [4.78, 5) is 22.1. The molecule has 2 N–H and O–H groups in total. The van der Waals surface area contributed by atoms with Gasteiger partial charge in [0.2, 0.25) is 0 Å². The number of rotatable bonds is 2. The molecule has 0 aliphatic carbocycles. The quantitative estimate of drug-likeness (QED) is 0.887. The maximum Gasteiger partial charge on any atom is 0.255 e. The molecule has 0 spiro atoms. The minimum Gasteiger partial charge on any atom is -0.310 e. The van der Waals surface area contributed by atoms with Gasteiger partial charge in [0.15, 0.2) is 0 Å². The van der Waals surface area contributed by atoms with Crippen molar-refractivity contribution in [3.63, 3.8) is 0 Å². The third-order valence-corrected chi connectivity index (χ3v) is 4.23. The molecule has 1 aliphatic rings. The van der Waals surface area contributed by atoms with Gasteiger partial charge in [-0.3, -0.25) is 14.8 Å². The zero-order valence-electron chi connectivity index (χ0n) is 13.0. The standard InChI is InChI=1S/C15H20ClN5O/c1-15(2,3)14-18-11-4-5-21(7-9(11)13(22)19-14)8-12-10(16)6-17-20-12/h6H,4-5,7-8H2,1-3H3,(H,17,20)(H,18,19,22). The minimum absolute atomic E-state index is 0.0321. The molecule has 0 atom stereocenters. The van der Waals surface area contributed by atoms with Crippen LogP contribution in [0.5, 0.6) is 0 Å². The summed E-state index contributed by atoms with van der Waals surface area (Å²) in [6, 6.07) is 0. The second kappa shape index (κ2) is 5.52. The third-order valence-electron chi connectivity index (χ3n) is 3.91. The molecule has 0 amide bonds. The van der Waals surface area contributed by atoms with E-state index in [0.717, 1.165) is 35.7 Å². The molecule has 0 radical (unpaired) electrons. The molecule has 3 rings (SSSR count). The molecule has 1 aliphatic heterocycles.